The van der Waals surface area contributed by atoms with Crippen molar-refractivity contribution in [2.24, 2.45) is 5.41 Å². The summed E-state index contributed by atoms with van der Waals surface area (Å²) in [5, 5.41) is 12.4. The third kappa shape index (κ3) is 2.94. The van der Waals surface area contributed by atoms with Gasteiger partial charge in [-0.15, -0.1) is 12.6 Å². The third-order valence-electron chi connectivity index (χ3n) is 3.11. The van der Waals surface area contributed by atoms with E-state index in [0.29, 0.717) is 22.0 Å². The Hall–Kier alpha value is -0.710. The normalized spacial score (nSPS) is 16.6. The largest absolute Gasteiger partial charge is 0.396 e. The van der Waals surface area contributed by atoms with E-state index in [1.165, 1.54) is 0 Å². The highest BCUT2D eigenvalue weighted by molar-refractivity contribution is 7.80. The van der Waals surface area contributed by atoms with Crippen molar-refractivity contribution in [3.8, 4) is 0 Å². The van der Waals surface area contributed by atoms with Gasteiger partial charge < -0.3 is 10.4 Å². The number of halogens is 1. The van der Waals surface area contributed by atoms with Crippen LogP contribution >= 0.6 is 24.2 Å². The predicted octanol–water partition coefficient (Wildman–Crippen LogP) is 2.13. The fourth-order valence-electron chi connectivity index (χ4n) is 1.62. The van der Waals surface area contributed by atoms with Crippen molar-refractivity contribution in [1.29, 1.82) is 0 Å². The molecule has 0 atom stereocenters. The van der Waals surface area contributed by atoms with Gasteiger partial charge in [-0.3, -0.25) is 4.79 Å². The van der Waals surface area contributed by atoms with E-state index < -0.39 is 0 Å². The molecule has 0 aliphatic heterocycles. The van der Waals surface area contributed by atoms with Crippen molar-refractivity contribution in [3.63, 3.8) is 0 Å². The van der Waals surface area contributed by atoms with Crippen LogP contribution in [0.3, 0.4) is 0 Å². The van der Waals surface area contributed by atoms with E-state index in [2.05, 4.69) is 17.9 Å². The van der Waals surface area contributed by atoms with Gasteiger partial charge in [0.05, 0.1) is 17.2 Å². The molecule has 1 fully saturated rings. The molecule has 0 bridgehead atoms. The lowest BCUT2D eigenvalue weighted by molar-refractivity contribution is 0.0935. The zero-order valence-electron chi connectivity index (χ0n) is 9.24. The smallest absolute Gasteiger partial charge is 0.252 e. The second-order valence-corrected chi connectivity index (χ2v) is 5.43. The summed E-state index contributed by atoms with van der Waals surface area (Å²) in [7, 11) is 0. The standard InChI is InChI=1S/C12H14ClNO2S/c13-10-2-1-8(17)5-9(10)11(16)14-6-12(7-15)3-4-12/h1-2,5,15,17H,3-4,6-7H2,(H,14,16). The number of benzene rings is 1. The Bertz CT molecular complexity index is 446. The lowest BCUT2D eigenvalue weighted by atomic mass is 10.1. The minimum absolute atomic E-state index is 0.0965. The summed E-state index contributed by atoms with van der Waals surface area (Å²) in [5.74, 6) is -0.217. The van der Waals surface area contributed by atoms with E-state index >= 15 is 0 Å². The number of nitrogens with one attached hydrogen (secondary N) is 1. The van der Waals surface area contributed by atoms with Crippen molar-refractivity contribution >= 4 is 30.1 Å². The van der Waals surface area contributed by atoms with Crippen molar-refractivity contribution in [3.05, 3.63) is 28.8 Å². The molecule has 1 aromatic carbocycles. The van der Waals surface area contributed by atoms with Crippen LogP contribution in [0.5, 0.6) is 0 Å². The van der Waals surface area contributed by atoms with Gasteiger partial charge in [-0.2, -0.15) is 0 Å². The summed E-state index contributed by atoms with van der Waals surface area (Å²) >= 11 is 10.1. The number of carbonyl (C=O) groups is 1. The van der Waals surface area contributed by atoms with Gasteiger partial charge in [-0.05, 0) is 31.0 Å². The Morgan fingerprint density at radius 1 is 1.53 bits per heavy atom. The maximum Gasteiger partial charge on any atom is 0.252 e. The van der Waals surface area contributed by atoms with E-state index in [0.717, 1.165) is 12.8 Å². The van der Waals surface area contributed by atoms with Gasteiger partial charge in [0.1, 0.15) is 0 Å². The van der Waals surface area contributed by atoms with Gasteiger partial charge in [-0.25, -0.2) is 0 Å². The molecular weight excluding hydrogens is 258 g/mol. The van der Waals surface area contributed by atoms with Crippen LogP contribution in [0.4, 0.5) is 0 Å². The molecule has 1 aliphatic rings. The highest BCUT2D eigenvalue weighted by Crippen LogP contribution is 2.44. The number of hydrogen-bond donors (Lipinski definition) is 3. The van der Waals surface area contributed by atoms with E-state index in [1.807, 2.05) is 0 Å². The first-order valence-corrected chi connectivity index (χ1v) is 6.26. The lowest BCUT2D eigenvalue weighted by Gasteiger charge is -2.13. The highest BCUT2D eigenvalue weighted by Gasteiger charge is 2.42. The Kier molecular flexibility index (Phi) is 3.66. The summed E-state index contributed by atoms with van der Waals surface area (Å²) in [5.41, 5.74) is 0.327. The zero-order valence-corrected chi connectivity index (χ0v) is 10.9. The van der Waals surface area contributed by atoms with E-state index in [4.69, 9.17) is 16.7 Å². The monoisotopic (exact) mass is 271 g/mol. The molecule has 1 aliphatic carbocycles. The first-order valence-electron chi connectivity index (χ1n) is 5.44. The number of hydrogen-bond acceptors (Lipinski definition) is 3. The van der Waals surface area contributed by atoms with E-state index in [9.17, 15) is 4.79 Å². The van der Waals surface area contributed by atoms with Crippen molar-refractivity contribution in [2.75, 3.05) is 13.2 Å². The molecule has 0 radical (unpaired) electrons. The first-order chi connectivity index (χ1) is 8.06. The molecule has 1 saturated carbocycles. The average Bonchev–Trinajstić information content (AvgIpc) is 3.10. The predicted molar refractivity (Wildman–Crippen MR) is 69.8 cm³/mol. The van der Waals surface area contributed by atoms with Crippen LogP contribution in [0.2, 0.25) is 5.02 Å². The highest BCUT2D eigenvalue weighted by atomic mass is 35.5. The van der Waals surface area contributed by atoms with Crippen molar-refractivity contribution < 1.29 is 9.90 Å². The summed E-state index contributed by atoms with van der Waals surface area (Å²) in [6.07, 6.45) is 1.92. The molecule has 2 rings (SSSR count). The molecule has 1 amide bonds. The average molecular weight is 272 g/mol. The molecule has 0 aromatic heterocycles. The number of aliphatic hydroxyl groups excluding tert-OH is 1. The molecule has 17 heavy (non-hydrogen) atoms. The molecule has 0 heterocycles. The van der Waals surface area contributed by atoms with Gasteiger partial charge in [0.25, 0.3) is 5.91 Å². The Balaban J connectivity index is 2.02. The topological polar surface area (TPSA) is 49.3 Å². The Morgan fingerprint density at radius 3 is 2.82 bits per heavy atom. The second-order valence-electron chi connectivity index (χ2n) is 4.50. The van der Waals surface area contributed by atoms with Crippen LogP contribution in [0, 0.1) is 5.41 Å². The van der Waals surface area contributed by atoms with Gasteiger partial charge in [0, 0.05) is 16.9 Å². The van der Waals surface area contributed by atoms with E-state index in [1.54, 1.807) is 18.2 Å². The summed E-state index contributed by atoms with van der Waals surface area (Å²) < 4.78 is 0. The van der Waals surface area contributed by atoms with Gasteiger partial charge in [0.2, 0.25) is 0 Å². The number of carbonyl (C=O) groups excluding carboxylic acids is 1. The van der Waals surface area contributed by atoms with Gasteiger partial charge in [-0.1, -0.05) is 11.6 Å². The molecule has 3 nitrogen and oxygen atoms in total. The van der Waals surface area contributed by atoms with Gasteiger partial charge in [0.15, 0.2) is 0 Å². The SMILES string of the molecule is O=C(NCC1(CO)CC1)c1cc(S)ccc1Cl. The minimum Gasteiger partial charge on any atom is -0.396 e. The Labute approximate surface area is 111 Å². The molecular formula is C12H14ClNO2S. The number of amides is 1. The van der Waals surface area contributed by atoms with E-state index in [-0.39, 0.29) is 17.9 Å². The molecule has 0 spiro atoms. The van der Waals surface area contributed by atoms with Gasteiger partial charge >= 0.3 is 0 Å². The van der Waals surface area contributed by atoms with Crippen molar-refractivity contribution in [2.45, 2.75) is 17.7 Å². The van der Waals surface area contributed by atoms with Crippen LogP contribution < -0.4 is 5.32 Å². The molecule has 92 valence electrons. The summed E-state index contributed by atoms with van der Waals surface area (Å²) in [6, 6.07) is 5.02. The number of thiol groups is 1. The first kappa shape index (κ1) is 12.7. The Morgan fingerprint density at radius 2 is 2.24 bits per heavy atom. The minimum atomic E-state index is -0.217. The fourth-order valence-corrected chi connectivity index (χ4v) is 2.02. The molecule has 1 aromatic rings. The third-order valence-corrected chi connectivity index (χ3v) is 3.72. The number of aliphatic hydroxyl groups is 1. The zero-order chi connectivity index (χ0) is 12.5. The van der Waals surface area contributed by atoms with Crippen molar-refractivity contribution in [1.82, 2.24) is 5.32 Å². The molecule has 2 N–H and O–H groups in total. The molecule has 5 heteroatoms. The van der Waals surface area contributed by atoms with Crippen LogP contribution in [-0.4, -0.2) is 24.2 Å². The lowest BCUT2D eigenvalue weighted by Crippen LogP contribution is -2.32. The molecule has 0 unspecified atom stereocenters. The molecule has 0 saturated heterocycles. The van der Waals surface area contributed by atoms with Crippen LogP contribution in [0.15, 0.2) is 23.1 Å². The number of rotatable bonds is 4. The quantitative estimate of drug-likeness (QED) is 0.735. The van der Waals surface area contributed by atoms with Crippen LogP contribution in [0.25, 0.3) is 0 Å². The summed E-state index contributed by atoms with van der Waals surface area (Å²) in [4.78, 5) is 12.6. The fraction of sp³-hybridized carbons (Fsp3) is 0.417. The van der Waals surface area contributed by atoms with Crippen LogP contribution in [0.1, 0.15) is 23.2 Å². The maximum absolute atomic E-state index is 11.9. The maximum atomic E-state index is 11.9. The summed E-state index contributed by atoms with van der Waals surface area (Å²) in [6.45, 7) is 0.614. The van der Waals surface area contributed by atoms with Crippen LogP contribution in [-0.2, 0) is 0 Å². The second kappa shape index (κ2) is 4.88.